The van der Waals surface area contributed by atoms with E-state index in [-0.39, 0.29) is 5.91 Å². The largest absolute Gasteiger partial charge is 0.274 e. The van der Waals surface area contributed by atoms with Crippen LogP contribution < -0.4 is 4.90 Å². The minimum absolute atomic E-state index is 0.226. The summed E-state index contributed by atoms with van der Waals surface area (Å²) in [5, 5.41) is 0. The van der Waals surface area contributed by atoms with E-state index in [9.17, 15) is 9.59 Å². The summed E-state index contributed by atoms with van der Waals surface area (Å²) in [5.74, 6) is -0.636. The Morgan fingerprint density at radius 3 is 2.17 bits per heavy atom. The molecule has 0 atom stereocenters. The maximum absolute atomic E-state index is 12.2. The molecule has 0 aliphatic carbocycles. The molecule has 2 amide bonds. The molecule has 0 unspecified atom stereocenters. The molecule has 0 heterocycles. The van der Waals surface area contributed by atoms with E-state index < -0.39 is 8.05 Å². The number of benzene rings is 1. The summed E-state index contributed by atoms with van der Waals surface area (Å²) in [7, 11) is 0. The average molecular weight is 442 g/mol. The van der Waals surface area contributed by atoms with Gasteiger partial charge in [-0.3, -0.25) is 9.59 Å². The van der Waals surface area contributed by atoms with Crippen molar-refractivity contribution in [3.05, 3.63) is 30.3 Å². The van der Waals surface area contributed by atoms with Crippen molar-refractivity contribution in [2.24, 2.45) is 0 Å². The predicted octanol–water partition coefficient (Wildman–Crippen LogP) is 4.18. The van der Waals surface area contributed by atoms with Crippen molar-refractivity contribution >= 4 is 65.3 Å². The lowest BCUT2D eigenvalue weighted by Gasteiger charge is -2.24. The molecule has 18 heavy (non-hydrogen) atoms. The Hall–Kier alpha value is -0.200. The zero-order valence-electron chi connectivity index (χ0n) is 9.70. The van der Waals surface area contributed by atoms with E-state index >= 15 is 0 Å². The summed E-state index contributed by atoms with van der Waals surface area (Å²) in [6.45, 7) is 1.90. The molecule has 0 aromatic heterocycles. The van der Waals surface area contributed by atoms with Crippen molar-refractivity contribution in [3.63, 3.8) is 0 Å². The van der Waals surface area contributed by atoms with Crippen LogP contribution in [-0.2, 0) is 9.59 Å². The standard InChI is InChI=1S/C12H12Br3NO2/c1-2-6-10(17)16(11(18)12(13,14)15)9-7-4-3-5-8-9/h3-5,7-8H,2,6H2,1H3. The van der Waals surface area contributed by atoms with E-state index in [0.29, 0.717) is 18.5 Å². The van der Waals surface area contributed by atoms with Crippen LogP contribution >= 0.6 is 47.8 Å². The zero-order chi connectivity index (χ0) is 13.8. The third-order valence-corrected chi connectivity index (χ3v) is 3.19. The van der Waals surface area contributed by atoms with E-state index in [1.54, 1.807) is 24.3 Å². The van der Waals surface area contributed by atoms with Crippen LogP contribution in [-0.4, -0.2) is 14.0 Å². The molecule has 3 nitrogen and oxygen atoms in total. The molecule has 6 heteroatoms. The van der Waals surface area contributed by atoms with Crippen LogP contribution in [0.3, 0.4) is 0 Å². The number of nitrogens with zero attached hydrogens (tertiary/aromatic N) is 1. The van der Waals surface area contributed by atoms with Gasteiger partial charge in [-0.1, -0.05) is 25.1 Å². The highest BCUT2D eigenvalue weighted by molar-refractivity contribution is 9.40. The van der Waals surface area contributed by atoms with Crippen LogP contribution in [0.4, 0.5) is 5.69 Å². The lowest BCUT2D eigenvalue weighted by atomic mass is 10.2. The quantitative estimate of drug-likeness (QED) is 0.660. The van der Waals surface area contributed by atoms with Gasteiger partial charge in [-0.2, -0.15) is 0 Å². The molecule has 0 aliphatic heterocycles. The smallest absolute Gasteiger partial charge is 0.272 e. The highest BCUT2D eigenvalue weighted by Gasteiger charge is 2.37. The minimum atomic E-state index is -1.13. The molecule has 1 aromatic carbocycles. The third kappa shape index (κ3) is 4.17. The van der Waals surface area contributed by atoms with E-state index in [1.165, 1.54) is 4.90 Å². The molecule has 0 fully saturated rings. The summed E-state index contributed by atoms with van der Waals surface area (Å²) >= 11 is 9.45. The van der Waals surface area contributed by atoms with Gasteiger partial charge in [-0.05, 0) is 66.3 Å². The molecule has 0 N–H and O–H groups in total. The van der Waals surface area contributed by atoms with Gasteiger partial charge in [-0.25, -0.2) is 4.90 Å². The van der Waals surface area contributed by atoms with E-state index in [2.05, 4.69) is 47.8 Å². The number of hydrogen-bond acceptors (Lipinski definition) is 2. The van der Waals surface area contributed by atoms with Gasteiger partial charge < -0.3 is 0 Å². The van der Waals surface area contributed by atoms with Gasteiger partial charge >= 0.3 is 0 Å². The summed E-state index contributed by atoms with van der Waals surface area (Å²) in [6, 6.07) is 8.86. The third-order valence-electron chi connectivity index (χ3n) is 2.17. The number of para-hydroxylation sites is 1. The van der Waals surface area contributed by atoms with E-state index in [4.69, 9.17) is 0 Å². The Kier molecular flexibility index (Phi) is 6.01. The number of carbonyl (C=O) groups is 2. The molecule has 0 saturated heterocycles. The summed E-state index contributed by atoms with van der Waals surface area (Å²) in [4.78, 5) is 25.5. The van der Waals surface area contributed by atoms with Gasteiger partial charge in [0.15, 0.2) is 0 Å². The van der Waals surface area contributed by atoms with Crippen molar-refractivity contribution in [1.82, 2.24) is 0 Å². The summed E-state index contributed by atoms with van der Waals surface area (Å²) < 4.78 is -1.13. The molecule has 0 aliphatic rings. The average Bonchev–Trinajstić information content (AvgIpc) is 2.29. The second-order valence-corrected chi connectivity index (χ2v) is 10.4. The topological polar surface area (TPSA) is 37.4 Å². The Balaban J connectivity index is 3.12. The minimum Gasteiger partial charge on any atom is -0.274 e. The molecule has 0 spiro atoms. The number of alkyl halides is 3. The van der Waals surface area contributed by atoms with Crippen LogP contribution in [0.25, 0.3) is 0 Å². The normalized spacial score (nSPS) is 11.1. The van der Waals surface area contributed by atoms with E-state index in [0.717, 1.165) is 0 Å². The number of hydrogen-bond donors (Lipinski definition) is 0. The van der Waals surface area contributed by atoms with Crippen LogP contribution in [0.5, 0.6) is 0 Å². The predicted molar refractivity (Wildman–Crippen MR) is 83.4 cm³/mol. The van der Waals surface area contributed by atoms with Crippen molar-refractivity contribution < 1.29 is 9.59 Å². The fourth-order valence-corrected chi connectivity index (χ4v) is 1.94. The molecule has 0 radical (unpaired) electrons. The van der Waals surface area contributed by atoms with Gasteiger partial charge in [-0.15, -0.1) is 0 Å². The summed E-state index contributed by atoms with van der Waals surface area (Å²) in [6.07, 6.45) is 1.01. The van der Waals surface area contributed by atoms with Crippen molar-refractivity contribution in [1.29, 1.82) is 0 Å². The van der Waals surface area contributed by atoms with Crippen LogP contribution in [0.15, 0.2) is 30.3 Å². The van der Waals surface area contributed by atoms with E-state index in [1.807, 2.05) is 13.0 Å². The monoisotopic (exact) mass is 439 g/mol. The van der Waals surface area contributed by atoms with Crippen LogP contribution in [0.1, 0.15) is 19.8 Å². The second-order valence-electron chi connectivity index (χ2n) is 3.62. The Morgan fingerprint density at radius 2 is 1.72 bits per heavy atom. The number of rotatable bonds is 3. The fraction of sp³-hybridized carbons (Fsp3) is 0.333. The number of anilines is 1. The Labute approximate surface area is 131 Å². The van der Waals surface area contributed by atoms with Crippen molar-refractivity contribution in [2.45, 2.75) is 21.9 Å². The molecule has 1 aromatic rings. The zero-order valence-corrected chi connectivity index (χ0v) is 14.5. The fourth-order valence-electron chi connectivity index (χ4n) is 1.40. The summed E-state index contributed by atoms with van der Waals surface area (Å²) in [5.41, 5.74) is 0.559. The lowest BCUT2D eigenvalue weighted by molar-refractivity contribution is -0.125. The van der Waals surface area contributed by atoms with Crippen LogP contribution in [0.2, 0.25) is 0 Å². The van der Waals surface area contributed by atoms with Gasteiger partial charge in [0, 0.05) is 6.42 Å². The number of halogens is 3. The first kappa shape index (κ1) is 15.9. The van der Waals surface area contributed by atoms with Gasteiger partial charge in [0.05, 0.1) is 5.69 Å². The highest BCUT2D eigenvalue weighted by atomic mass is 80.0. The maximum atomic E-state index is 12.2. The lowest BCUT2D eigenvalue weighted by Crippen LogP contribution is -2.43. The number of imide groups is 1. The molecule has 1 rings (SSSR count). The molecule has 0 bridgehead atoms. The van der Waals surface area contributed by atoms with Gasteiger partial charge in [0.2, 0.25) is 8.05 Å². The molecular weight excluding hydrogens is 430 g/mol. The first-order chi connectivity index (χ1) is 8.38. The SMILES string of the molecule is CCCC(=O)N(C(=O)C(Br)(Br)Br)c1ccccc1. The second kappa shape index (κ2) is 6.82. The molecular formula is C12H12Br3NO2. The van der Waals surface area contributed by atoms with Gasteiger partial charge in [0.25, 0.3) is 5.91 Å². The van der Waals surface area contributed by atoms with Crippen molar-refractivity contribution in [3.8, 4) is 0 Å². The first-order valence-electron chi connectivity index (χ1n) is 5.37. The molecule has 0 saturated carbocycles. The highest BCUT2D eigenvalue weighted by Crippen LogP contribution is 2.37. The maximum Gasteiger partial charge on any atom is 0.272 e. The van der Waals surface area contributed by atoms with Gasteiger partial charge in [0.1, 0.15) is 0 Å². The first-order valence-corrected chi connectivity index (χ1v) is 7.75. The Bertz CT molecular complexity index is 429. The Morgan fingerprint density at radius 1 is 1.17 bits per heavy atom. The van der Waals surface area contributed by atoms with Crippen molar-refractivity contribution in [2.75, 3.05) is 4.90 Å². The number of carbonyl (C=O) groups excluding carboxylic acids is 2. The number of amides is 2. The van der Waals surface area contributed by atoms with Crippen LogP contribution in [0, 0.1) is 0 Å². The molecule has 98 valence electrons.